The van der Waals surface area contributed by atoms with E-state index in [1.165, 1.54) is 5.39 Å². The fraction of sp³-hybridized carbons (Fsp3) is 0.100. The van der Waals surface area contributed by atoms with Gasteiger partial charge in [-0.2, -0.15) is 0 Å². The maximum absolute atomic E-state index is 11.4. The minimum Gasteiger partial charge on any atom is -0.366 e. The Morgan fingerprint density at radius 3 is 2.71 bits per heavy atom. The summed E-state index contributed by atoms with van der Waals surface area (Å²) in [7, 11) is 0. The molecule has 0 unspecified atom stereocenters. The zero-order valence-corrected chi connectivity index (χ0v) is 13.3. The van der Waals surface area contributed by atoms with E-state index in [4.69, 9.17) is 5.73 Å². The second-order valence-electron chi connectivity index (χ2n) is 5.86. The minimum absolute atomic E-state index is 0.413. The van der Waals surface area contributed by atoms with E-state index in [9.17, 15) is 4.79 Å². The van der Waals surface area contributed by atoms with Gasteiger partial charge in [0.1, 0.15) is 0 Å². The van der Waals surface area contributed by atoms with Gasteiger partial charge in [0.25, 0.3) is 0 Å². The molecule has 2 heterocycles. The summed E-state index contributed by atoms with van der Waals surface area (Å²) in [4.78, 5) is 19.3. The number of amides is 1. The number of H-pyrrole nitrogens is 1. The fourth-order valence-electron chi connectivity index (χ4n) is 3.18. The monoisotopic (exact) mass is 315 g/mol. The molecular weight excluding hydrogens is 298 g/mol. The van der Waals surface area contributed by atoms with E-state index < -0.39 is 5.91 Å². The Hall–Kier alpha value is -3.14. The molecule has 0 spiro atoms. The average Bonchev–Trinajstić information content (AvgIpc) is 2.99. The highest BCUT2D eigenvalue weighted by Gasteiger charge is 2.10. The number of nitrogens with two attached hydrogens (primary N) is 1. The molecule has 0 fully saturated rings. The molecule has 0 aliphatic rings. The number of primary amides is 1. The lowest BCUT2D eigenvalue weighted by molar-refractivity contribution is 0.100. The van der Waals surface area contributed by atoms with Crippen LogP contribution in [0.25, 0.3) is 32.9 Å². The largest absolute Gasteiger partial charge is 0.366 e. The second kappa shape index (κ2) is 5.49. The first-order valence-electron chi connectivity index (χ1n) is 7.97. The van der Waals surface area contributed by atoms with Crippen LogP contribution in [0.1, 0.15) is 23.0 Å². The Balaban J connectivity index is 1.94. The Labute approximate surface area is 139 Å². The number of benzene rings is 2. The highest BCUT2D eigenvalue weighted by molar-refractivity contribution is 6.09. The van der Waals surface area contributed by atoms with Gasteiger partial charge in [0.2, 0.25) is 5.91 Å². The fourth-order valence-corrected chi connectivity index (χ4v) is 3.18. The summed E-state index contributed by atoms with van der Waals surface area (Å²) < 4.78 is 0. The lowest BCUT2D eigenvalue weighted by atomic mass is 10.0. The summed E-state index contributed by atoms with van der Waals surface area (Å²) >= 11 is 0. The van der Waals surface area contributed by atoms with Crippen molar-refractivity contribution in [3.63, 3.8) is 0 Å². The number of hydrogen-bond acceptors (Lipinski definition) is 2. The average molecular weight is 315 g/mol. The number of carbonyl (C=O) groups excluding carboxylic acids is 1. The summed E-state index contributed by atoms with van der Waals surface area (Å²) in [5, 5.41) is 2.33. The molecule has 0 aliphatic carbocycles. The lowest BCUT2D eigenvalue weighted by Crippen LogP contribution is -2.10. The predicted molar refractivity (Wildman–Crippen MR) is 96.9 cm³/mol. The smallest absolute Gasteiger partial charge is 0.248 e. The van der Waals surface area contributed by atoms with Crippen LogP contribution in [-0.4, -0.2) is 15.9 Å². The summed E-state index contributed by atoms with van der Waals surface area (Å²) in [5.41, 5.74) is 11.2. The van der Waals surface area contributed by atoms with Gasteiger partial charge in [-0.05, 0) is 47.9 Å². The van der Waals surface area contributed by atoms with Gasteiger partial charge in [-0.3, -0.25) is 9.78 Å². The lowest BCUT2D eigenvalue weighted by Gasteiger charge is -2.04. The first kappa shape index (κ1) is 14.5. The number of pyridine rings is 1. The van der Waals surface area contributed by atoms with Crippen LogP contribution in [0, 0.1) is 0 Å². The highest BCUT2D eigenvalue weighted by Crippen LogP contribution is 2.31. The van der Waals surface area contributed by atoms with Gasteiger partial charge < -0.3 is 10.7 Å². The molecule has 4 heteroatoms. The summed E-state index contributed by atoms with van der Waals surface area (Å²) in [6, 6.07) is 15.7. The second-order valence-corrected chi connectivity index (χ2v) is 5.86. The van der Waals surface area contributed by atoms with Gasteiger partial charge >= 0.3 is 0 Å². The van der Waals surface area contributed by atoms with Gasteiger partial charge in [-0.25, -0.2) is 0 Å². The molecule has 1 amide bonds. The number of nitrogens with zero attached hydrogens (tertiary/aromatic N) is 1. The van der Waals surface area contributed by atoms with Gasteiger partial charge in [0, 0.05) is 28.0 Å². The molecule has 4 nitrogen and oxygen atoms in total. The molecule has 0 saturated carbocycles. The number of aryl methyl sites for hydroxylation is 1. The SMILES string of the molecule is CCc1nccc2c1[nH]c1ccc(-c3cccc(C(N)=O)c3)cc12. The Kier molecular flexibility index (Phi) is 3.31. The van der Waals surface area contributed by atoms with Crippen molar-refractivity contribution in [1.82, 2.24) is 9.97 Å². The summed E-state index contributed by atoms with van der Waals surface area (Å²) in [6.45, 7) is 2.11. The molecule has 2 aromatic heterocycles. The van der Waals surface area contributed by atoms with Gasteiger partial charge in [-0.15, -0.1) is 0 Å². The van der Waals surface area contributed by atoms with E-state index in [-0.39, 0.29) is 0 Å². The molecule has 0 radical (unpaired) electrons. The third kappa shape index (κ3) is 2.24. The topological polar surface area (TPSA) is 71.8 Å². The minimum atomic E-state index is -0.413. The number of aromatic nitrogens is 2. The number of nitrogens with one attached hydrogen (secondary N) is 1. The molecule has 4 rings (SSSR count). The molecule has 0 atom stereocenters. The Morgan fingerprint density at radius 1 is 1.08 bits per heavy atom. The van der Waals surface area contributed by atoms with Crippen LogP contribution in [0.15, 0.2) is 54.7 Å². The molecular formula is C20H17N3O. The number of carbonyl (C=O) groups is 1. The quantitative estimate of drug-likeness (QED) is 0.599. The predicted octanol–water partition coefficient (Wildman–Crippen LogP) is 4.04. The van der Waals surface area contributed by atoms with Crippen LogP contribution in [0.4, 0.5) is 0 Å². The Morgan fingerprint density at radius 2 is 1.92 bits per heavy atom. The highest BCUT2D eigenvalue weighted by atomic mass is 16.1. The van der Waals surface area contributed by atoms with Crippen molar-refractivity contribution < 1.29 is 4.79 Å². The third-order valence-corrected chi connectivity index (χ3v) is 4.41. The molecule has 0 bridgehead atoms. The van der Waals surface area contributed by atoms with Crippen molar-refractivity contribution in [2.75, 3.05) is 0 Å². The van der Waals surface area contributed by atoms with Crippen LogP contribution in [-0.2, 0) is 6.42 Å². The van der Waals surface area contributed by atoms with Gasteiger partial charge in [0.15, 0.2) is 0 Å². The van der Waals surface area contributed by atoms with E-state index >= 15 is 0 Å². The van der Waals surface area contributed by atoms with Crippen LogP contribution in [0.2, 0.25) is 0 Å². The molecule has 3 N–H and O–H groups in total. The first-order chi connectivity index (χ1) is 11.7. The van der Waals surface area contributed by atoms with E-state index in [0.29, 0.717) is 5.56 Å². The van der Waals surface area contributed by atoms with Gasteiger partial charge in [-0.1, -0.05) is 25.1 Å². The number of rotatable bonds is 3. The first-order valence-corrected chi connectivity index (χ1v) is 7.97. The summed E-state index contributed by atoms with van der Waals surface area (Å²) in [5.74, 6) is -0.413. The van der Waals surface area contributed by atoms with Crippen molar-refractivity contribution in [3.8, 4) is 11.1 Å². The van der Waals surface area contributed by atoms with Crippen molar-refractivity contribution in [2.24, 2.45) is 5.73 Å². The molecule has 2 aromatic carbocycles. The molecule has 0 saturated heterocycles. The Bertz CT molecular complexity index is 1080. The number of hydrogen-bond donors (Lipinski definition) is 2. The number of aromatic amines is 1. The standard InChI is InChI=1S/C20H17N3O/c1-2-17-19-15(8-9-22-17)16-11-13(6-7-18(16)23-19)12-4-3-5-14(10-12)20(21)24/h3-11,23H,2H2,1H3,(H2,21,24). The molecule has 0 aliphatic heterocycles. The maximum atomic E-state index is 11.4. The molecule has 24 heavy (non-hydrogen) atoms. The third-order valence-electron chi connectivity index (χ3n) is 4.41. The zero-order valence-electron chi connectivity index (χ0n) is 13.3. The van der Waals surface area contributed by atoms with Crippen molar-refractivity contribution >= 4 is 27.7 Å². The maximum Gasteiger partial charge on any atom is 0.248 e. The number of fused-ring (bicyclic) bond motifs is 3. The van der Waals surface area contributed by atoms with Crippen molar-refractivity contribution in [1.29, 1.82) is 0 Å². The van der Waals surface area contributed by atoms with Crippen LogP contribution < -0.4 is 5.73 Å². The van der Waals surface area contributed by atoms with E-state index in [1.54, 1.807) is 6.07 Å². The molecule has 118 valence electrons. The zero-order chi connectivity index (χ0) is 16.7. The normalized spacial score (nSPS) is 11.2. The van der Waals surface area contributed by atoms with Crippen LogP contribution in [0.3, 0.4) is 0 Å². The van der Waals surface area contributed by atoms with E-state index in [2.05, 4.69) is 35.1 Å². The van der Waals surface area contributed by atoms with E-state index in [1.807, 2.05) is 30.5 Å². The van der Waals surface area contributed by atoms with Crippen LogP contribution in [0.5, 0.6) is 0 Å². The summed E-state index contributed by atoms with van der Waals surface area (Å²) in [6.07, 6.45) is 2.74. The van der Waals surface area contributed by atoms with Crippen LogP contribution >= 0.6 is 0 Å². The van der Waals surface area contributed by atoms with Crippen molar-refractivity contribution in [2.45, 2.75) is 13.3 Å². The molecule has 4 aromatic rings. The van der Waals surface area contributed by atoms with E-state index in [0.717, 1.165) is 39.7 Å². The van der Waals surface area contributed by atoms with Crippen molar-refractivity contribution in [3.05, 3.63) is 66.0 Å². The van der Waals surface area contributed by atoms with Gasteiger partial charge in [0.05, 0.1) is 11.2 Å².